The third-order valence-corrected chi connectivity index (χ3v) is 3.56. The fourth-order valence-electron chi connectivity index (χ4n) is 2.08. The van der Waals surface area contributed by atoms with Crippen LogP contribution in [0.5, 0.6) is 11.5 Å². The molecule has 3 rings (SSSR count). The van der Waals surface area contributed by atoms with Gasteiger partial charge in [-0.15, -0.1) is 0 Å². The Labute approximate surface area is 104 Å². The van der Waals surface area contributed by atoms with E-state index in [1.807, 2.05) is 0 Å². The van der Waals surface area contributed by atoms with Crippen molar-refractivity contribution < 1.29 is 14.3 Å². The van der Waals surface area contributed by atoms with Gasteiger partial charge < -0.3 is 15.2 Å². The summed E-state index contributed by atoms with van der Waals surface area (Å²) in [6, 6.07) is 1.73. The van der Waals surface area contributed by atoms with Crippen LogP contribution in [0.15, 0.2) is 6.07 Å². The van der Waals surface area contributed by atoms with Crippen molar-refractivity contribution in [3.8, 4) is 11.5 Å². The summed E-state index contributed by atoms with van der Waals surface area (Å²) in [6.45, 7) is 0.890. The van der Waals surface area contributed by atoms with Crippen LogP contribution >= 0.6 is 11.6 Å². The van der Waals surface area contributed by atoms with E-state index in [1.54, 1.807) is 6.07 Å². The van der Waals surface area contributed by atoms with E-state index in [0.717, 1.165) is 18.4 Å². The Bertz CT molecular complexity index is 497. The van der Waals surface area contributed by atoms with Crippen LogP contribution in [0, 0.1) is 0 Å². The third kappa shape index (κ3) is 1.59. The second-order valence-electron chi connectivity index (χ2n) is 4.45. The number of rotatable bonds is 2. The summed E-state index contributed by atoms with van der Waals surface area (Å²) in [6.07, 6.45) is 2.49. The Morgan fingerprint density at radius 2 is 1.94 bits per heavy atom. The van der Waals surface area contributed by atoms with Gasteiger partial charge in [-0.3, -0.25) is 4.79 Å². The van der Waals surface area contributed by atoms with Gasteiger partial charge in [-0.1, -0.05) is 11.6 Å². The van der Waals surface area contributed by atoms with Gasteiger partial charge in [0, 0.05) is 11.1 Å². The number of carbonyl (C=O) groups excluding carboxylic acids is 1. The highest BCUT2D eigenvalue weighted by Gasteiger charge is 2.44. The lowest BCUT2D eigenvalue weighted by Crippen LogP contribution is -2.24. The SMILES string of the molecule is NC1(c2cc(Cl)c(C=O)c3c2OCCO3)CC1. The molecule has 1 aromatic rings. The van der Waals surface area contributed by atoms with E-state index >= 15 is 0 Å². The molecular formula is C12H12ClNO3. The van der Waals surface area contributed by atoms with Crippen molar-refractivity contribution in [2.75, 3.05) is 13.2 Å². The van der Waals surface area contributed by atoms with E-state index in [0.29, 0.717) is 41.6 Å². The number of fused-ring (bicyclic) bond motifs is 1. The molecule has 1 heterocycles. The maximum absolute atomic E-state index is 11.0. The number of hydrogen-bond donors (Lipinski definition) is 1. The van der Waals surface area contributed by atoms with Gasteiger partial charge in [0.2, 0.25) is 0 Å². The molecule has 1 aromatic carbocycles. The standard InChI is InChI=1S/C12H12ClNO3/c13-9-5-8(12(14)1-2-12)11-10(7(9)6-15)16-3-4-17-11/h5-6H,1-4,14H2. The second kappa shape index (κ2) is 3.62. The Hall–Kier alpha value is -1.26. The summed E-state index contributed by atoms with van der Waals surface area (Å²) in [5, 5.41) is 0.371. The van der Waals surface area contributed by atoms with E-state index in [9.17, 15) is 4.79 Å². The first-order valence-corrected chi connectivity index (χ1v) is 5.90. The summed E-state index contributed by atoms with van der Waals surface area (Å²) < 4.78 is 11.1. The number of benzene rings is 1. The summed E-state index contributed by atoms with van der Waals surface area (Å²) in [5.74, 6) is 1.02. The Morgan fingerprint density at radius 1 is 1.29 bits per heavy atom. The lowest BCUT2D eigenvalue weighted by atomic mass is 10.0. The zero-order valence-electron chi connectivity index (χ0n) is 9.16. The smallest absolute Gasteiger partial charge is 0.173 e. The molecule has 0 aromatic heterocycles. The quantitative estimate of drug-likeness (QED) is 0.818. The van der Waals surface area contributed by atoms with Gasteiger partial charge in [0.15, 0.2) is 17.8 Å². The van der Waals surface area contributed by atoms with Crippen LogP contribution in [-0.2, 0) is 5.54 Å². The van der Waals surface area contributed by atoms with Gasteiger partial charge in [-0.2, -0.15) is 0 Å². The minimum absolute atomic E-state index is 0.342. The molecule has 1 aliphatic heterocycles. The van der Waals surface area contributed by atoms with E-state index in [1.165, 1.54) is 0 Å². The van der Waals surface area contributed by atoms with Gasteiger partial charge in [-0.25, -0.2) is 0 Å². The van der Waals surface area contributed by atoms with Crippen LogP contribution in [0.25, 0.3) is 0 Å². The van der Waals surface area contributed by atoms with Crippen molar-refractivity contribution in [3.63, 3.8) is 0 Å². The fourth-order valence-corrected chi connectivity index (χ4v) is 2.32. The molecule has 4 nitrogen and oxygen atoms in total. The van der Waals surface area contributed by atoms with Gasteiger partial charge >= 0.3 is 0 Å². The first-order chi connectivity index (χ1) is 8.15. The minimum Gasteiger partial charge on any atom is -0.486 e. The van der Waals surface area contributed by atoms with Crippen LogP contribution < -0.4 is 15.2 Å². The molecule has 17 heavy (non-hydrogen) atoms. The summed E-state index contributed by atoms with van der Waals surface area (Å²) in [4.78, 5) is 11.0. The molecule has 1 aliphatic carbocycles. The summed E-state index contributed by atoms with van der Waals surface area (Å²) in [7, 11) is 0. The predicted octanol–water partition coefficient (Wildman–Crippen LogP) is 1.87. The molecule has 1 fully saturated rings. The highest BCUT2D eigenvalue weighted by Crippen LogP contribution is 2.52. The number of halogens is 1. The number of nitrogens with two attached hydrogens (primary N) is 1. The van der Waals surface area contributed by atoms with Crippen LogP contribution in [-0.4, -0.2) is 19.5 Å². The Balaban J connectivity index is 2.23. The van der Waals surface area contributed by atoms with Crippen molar-refractivity contribution in [2.45, 2.75) is 18.4 Å². The molecule has 2 N–H and O–H groups in total. The van der Waals surface area contributed by atoms with Gasteiger partial charge in [0.05, 0.1) is 10.6 Å². The lowest BCUT2D eigenvalue weighted by Gasteiger charge is -2.25. The van der Waals surface area contributed by atoms with Crippen molar-refractivity contribution in [3.05, 3.63) is 22.2 Å². The van der Waals surface area contributed by atoms with Crippen LogP contribution in [0.3, 0.4) is 0 Å². The molecule has 1 saturated carbocycles. The van der Waals surface area contributed by atoms with Crippen molar-refractivity contribution in [1.82, 2.24) is 0 Å². The largest absolute Gasteiger partial charge is 0.486 e. The second-order valence-corrected chi connectivity index (χ2v) is 4.86. The Kier molecular flexibility index (Phi) is 2.31. The summed E-state index contributed by atoms with van der Waals surface area (Å²) >= 11 is 6.08. The van der Waals surface area contributed by atoms with E-state index in [4.69, 9.17) is 26.8 Å². The lowest BCUT2D eigenvalue weighted by molar-refractivity contribution is 0.111. The summed E-state index contributed by atoms with van der Waals surface area (Å²) in [5.41, 5.74) is 7.00. The van der Waals surface area contributed by atoms with Gasteiger partial charge in [0.25, 0.3) is 0 Å². The molecule has 0 bridgehead atoms. The molecule has 0 amide bonds. The first kappa shape index (κ1) is 10.9. The highest BCUT2D eigenvalue weighted by atomic mass is 35.5. The topological polar surface area (TPSA) is 61.6 Å². The maximum Gasteiger partial charge on any atom is 0.173 e. The van der Waals surface area contributed by atoms with Crippen molar-refractivity contribution in [1.29, 1.82) is 0 Å². The number of hydrogen-bond acceptors (Lipinski definition) is 4. The molecule has 0 spiro atoms. The first-order valence-electron chi connectivity index (χ1n) is 5.52. The number of aldehydes is 1. The zero-order valence-corrected chi connectivity index (χ0v) is 9.92. The van der Waals surface area contributed by atoms with E-state index < -0.39 is 0 Å². The molecule has 2 aliphatic rings. The monoisotopic (exact) mass is 253 g/mol. The van der Waals surface area contributed by atoms with Crippen molar-refractivity contribution in [2.24, 2.45) is 5.73 Å². The molecule has 0 radical (unpaired) electrons. The normalized spacial score (nSPS) is 19.9. The molecule has 90 valence electrons. The van der Waals surface area contributed by atoms with Crippen LogP contribution in [0.1, 0.15) is 28.8 Å². The third-order valence-electron chi connectivity index (χ3n) is 3.24. The highest BCUT2D eigenvalue weighted by molar-refractivity contribution is 6.33. The average Bonchev–Trinajstić information content (AvgIpc) is 3.07. The average molecular weight is 254 g/mol. The van der Waals surface area contributed by atoms with Gasteiger partial charge in [-0.05, 0) is 18.9 Å². The molecular weight excluding hydrogens is 242 g/mol. The number of ether oxygens (including phenoxy) is 2. The van der Waals surface area contributed by atoms with Crippen LogP contribution in [0.4, 0.5) is 0 Å². The van der Waals surface area contributed by atoms with E-state index in [2.05, 4.69) is 0 Å². The zero-order chi connectivity index (χ0) is 12.0. The maximum atomic E-state index is 11.0. The van der Waals surface area contributed by atoms with Gasteiger partial charge in [0.1, 0.15) is 13.2 Å². The van der Waals surface area contributed by atoms with Crippen LogP contribution in [0.2, 0.25) is 5.02 Å². The molecule has 0 saturated heterocycles. The fraction of sp³-hybridized carbons (Fsp3) is 0.417. The number of carbonyl (C=O) groups is 1. The van der Waals surface area contributed by atoms with E-state index in [-0.39, 0.29) is 5.54 Å². The predicted molar refractivity (Wildman–Crippen MR) is 62.9 cm³/mol. The Morgan fingerprint density at radius 3 is 2.53 bits per heavy atom. The molecule has 5 heteroatoms. The minimum atomic E-state index is -0.365. The van der Waals surface area contributed by atoms with Crippen molar-refractivity contribution >= 4 is 17.9 Å². The molecule has 0 atom stereocenters. The molecule has 0 unspecified atom stereocenters.